The zero-order valence-corrected chi connectivity index (χ0v) is 15.7. The quantitative estimate of drug-likeness (QED) is 0.765. The Morgan fingerprint density at radius 2 is 1.88 bits per heavy atom. The maximum Gasteiger partial charge on any atom is 0.250 e. The van der Waals surface area contributed by atoms with Crippen LogP contribution in [-0.2, 0) is 9.84 Å². The summed E-state index contributed by atoms with van der Waals surface area (Å²) in [6.45, 7) is 4.30. The summed E-state index contributed by atoms with van der Waals surface area (Å²) < 4.78 is 26.9. The molecule has 2 N–H and O–H groups in total. The van der Waals surface area contributed by atoms with E-state index in [1.54, 1.807) is 0 Å². The van der Waals surface area contributed by atoms with Gasteiger partial charge in [-0.2, -0.15) is 0 Å². The molecule has 0 atom stereocenters. The molecule has 0 bridgehead atoms. The van der Waals surface area contributed by atoms with E-state index in [-0.39, 0.29) is 34.3 Å². The van der Waals surface area contributed by atoms with Gasteiger partial charge in [-0.15, -0.1) is 10.2 Å². The molecule has 8 nitrogen and oxygen atoms in total. The van der Waals surface area contributed by atoms with E-state index in [1.165, 1.54) is 22.8 Å². The fraction of sp³-hybridized carbons (Fsp3) is 0.500. The van der Waals surface area contributed by atoms with Crippen LogP contribution in [0.1, 0.15) is 26.3 Å². The molecule has 0 radical (unpaired) electrons. The van der Waals surface area contributed by atoms with Gasteiger partial charge in [-0.25, -0.2) is 8.42 Å². The van der Waals surface area contributed by atoms with Crippen molar-refractivity contribution in [2.45, 2.75) is 31.5 Å². The van der Waals surface area contributed by atoms with Gasteiger partial charge in [-0.3, -0.25) is 4.57 Å². The Bertz CT molecular complexity index is 844. The summed E-state index contributed by atoms with van der Waals surface area (Å²) in [5.74, 6) is -0.0599. The summed E-state index contributed by atoms with van der Waals surface area (Å²) >= 11 is 0. The first-order valence-electron chi connectivity index (χ1n) is 7.98. The van der Waals surface area contributed by atoms with Crippen molar-refractivity contribution in [2.75, 3.05) is 26.4 Å². The van der Waals surface area contributed by atoms with Crippen molar-refractivity contribution in [2.24, 2.45) is 0 Å². The highest BCUT2D eigenvalue weighted by Crippen LogP contribution is 2.33. The number of phenols is 2. The van der Waals surface area contributed by atoms with Crippen LogP contribution in [0.5, 0.6) is 11.5 Å². The number of phenolic OH excluding ortho intramolecular Hbond substituents is 2. The minimum Gasteiger partial charge on any atom is -0.508 e. The predicted molar refractivity (Wildman–Crippen MR) is 94.4 cm³/mol. The summed E-state index contributed by atoms with van der Waals surface area (Å²) in [7, 11) is 0.160. The monoisotopic (exact) mass is 368 g/mol. The Labute approximate surface area is 147 Å². The van der Waals surface area contributed by atoms with Gasteiger partial charge in [0.15, 0.2) is 5.82 Å². The van der Waals surface area contributed by atoms with Crippen LogP contribution in [0.2, 0.25) is 0 Å². The van der Waals surface area contributed by atoms with Gasteiger partial charge in [0.05, 0.1) is 11.3 Å². The fourth-order valence-electron chi connectivity index (χ4n) is 2.51. The van der Waals surface area contributed by atoms with E-state index in [0.29, 0.717) is 18.5 Å². The lowest BCUT2D eigenvalue weighted by molar-refractivity contribution is 0.407. The zero-order chi connectivity index (χ0) is 18.8. The number of benzene rings is 1. The number of hydrogen-bond donors (Lipinski definition) is 2. The lowest BCUT2D eigenvalue weighted by Crippen LogP contribution is -2.20. The summed E-state index contributed by atoms with van der Waals surface area (Å²) in [6, 6.07) is 3.84. The molecule has 138 valence electrons. The molecule has 2 aromatic rings. The highest BCUT2D eigenvalue weighted by atomic mass is 32.2. The van der Waals surface area contributed by atoms with Gasteiger partial charge in [-0.05, 0) is 53.0 Å². The van der Waals surface area contributed by atoms with E-state index in [4.69, 9.17) is 0 Å². The van der Waals surface area contributed by atoms with E-state index in [9.17, 15) is 18.6 Å². The van der Waals surface area contributed by atoms with E-state index in [1.807, 2.05) is 32.8 Å². The smallest absolute Gasteiger partial charge is 0.250 e. The number of hydrogen-bond acceptors (Lipinski definition) is 7. The van der Waals surface area contributed by atoms with Gasteiger partial charge in [-0.1, -0.05) is 0 Å². The van der Waals surface area contributed by atoms with E-state index >= 15 is 0 Å². The van der Waals surface area contributed by atoms with E-state index < -0.39 is 9.84 Å². The highest BCUT2D eigenvalue weighted by molar-refractivity contribution is 7.91. The molecule has 1 aromatic heterocycles. The topological polar surface area (TPSA) is 109 Å². The molecule has 25 heavy (non-hydrogen) atoms. The minimum absolute atomic E-state index is 0.0302. The maximum atomic E-state index is 12.7. The molecule has 0 amide bonds. The van der Waals surface area contributed by atoms with Crippen molar-refractivity contribution in [3.8, 4) is 22.9 Å². The van der Waals surface area contributed by atoms with Crippen LogP contribution < -0.4 is 0 Å². The van der Waals surface area contributed by atoms with Crippen molar-refractivity contribution in [3.63, 3.8) is 0 Å². The normalized spacial score (nSPS) is 12.2. The van der Waals surface area contributed by atoms with Crippen molar-refractivity contribution in [1.29, 1.82) is 0 Å². The van der Waals surface area contributed by atoms with Crippen LogP contribution in [0.15, 0.2) is 23.4 Å². The standard InChI is InChI=1S/C16H24N4O4S/c1-11(2)20-15(13-7-6-12(21)10-14(13)22)17-18-16(20)25(23,24)9-5-8-19(3)4/h6-7,10-11,21-22H,5,8-9H2,1-4H3. The third-order valence-electron chi connectivity index (χ3n) is 3.70. The molecule has 2 rings (SSSR count). The first kappa shape index (κ1) is 19.2. The first-order valence-corrected chi connectivity index (χ1v) is 9.63. The first-order chi connectivity index (χ1) is 11.6. The maximum absolute atomic E-state index is 12.7. The van der Waals surface area contributed by atoms with Crippen molar-refractivity contribution in [3.05, 3.63) is 18.2 Å². The fourth-order valence-corrected chi connectivity index (χ4v) is 3.96. The van der Waals surface area contributed by atoms with Gasteiger partial charge in [0, 0.05) is 12.1 Å². The van der Waals surface area contributed by atoms with E-state index in [2.05, 4.69) is 10.2 Å². The summed E-state index contributed by atoms with van der Waals surface area (Å²) in [5.41, 5.74) is 0.314. The lowest BCUT2D eigenvalue weighted by Gasteiger charge is -2.15. The Balaban J connectivity index is 2.46. The second-order valence-electron chi connectivity index (χ2n) is 6.45. The van der Waals surface area contributed by atoms with Crippen LogP contribution in [0.3, 0.4) is 0 Å². The largest absolute Gasteiger partial charge is 0.508 e. The Morgan fingerprint density at radius 1 is 1.20 bits per heavy atom. The number of aromatic hydroxyl groups is 2. The van der Waals surface area contributed by atoms with Gasteiger partial charge < -0.3 is 15.1 Å². The molecule has 0 saturated heterocycles. The molecule has 0 saturated carbocycles. The summed E-state index contributed by atoms with van der Waals surface area (Å²) in [4.78, 5) is 1.92. The van der Waals surface area contributed by atoms with Crippen LogP contribution in [-0.4, -0.2) is 64.7 Å². The van der Waals surface area contributed by atoms with Gasteiger partial charge in [0.1, 0.15) is 11.5 Å². The molecule has 0 spiro atoms. The third kappa shape index (κ3) is 4.29. The molecular weight excluding hydrogens is 344 g/mol. The number of rotatable bonds is 7. The van der Waals surface area contributed by atoms with Crippen LogP contribution >= 0.6 is 0 Å². The highest BCUT2D eigenvalue weighted by Gasteiger charge is 2.27. The molecule has 1 aromatic carbocycles. The second-order valence-corrected chi connectivity index (χ2v) is 8.45. The average molecular weight is 368 g/mol. The zero-order valence-electron chi connectivity index (χ0n) is 14.8. The third-order valence-corrected chi connectivity index (χ3v) is 5.36. The summed E-state index contributed by atoms with van der Waals surface area (Å²) in [6.07, 6.45) is 0.486. The van der Waals surface area contributed by atoms with Crippen LogP contribution in [0.25, 0.3) is 11.4 Å². The SMILES string of the molecule is CC(C)n1c(-c2ccc(O)cc2O)nnc1S(=O)(=O)CCCN(C)C. The molecule has 1 heterocycles. The predicted octanol–water partition coefficient (Wildman–Crippen LogP) is 1.66. The average Bonchev–Trinajstić information content (AvgIpc) is 2.92. The van der Waals surface area contributed by atoms with Gasteiger partial charge in [0.25, 0.3) is 0 Å². The van der Waals surface area contributed by atoms with Gasteiger partial charge in [0.2, 0.25) is 15.0 Å². The number of sulfone groups is 1. The Hall–Kier alpha value is -2.13. The molecule has 0 aliphatic carbocycles. The molecule has 0 unspecified atom stereocenters. The number of aromatic nitrogens is 3. The minimum atomic E-state index is -3.61. The van der Waals surface area contributed by atoms with Crippen LogP contribution in [0.4, 0.5) is 0 Å². The molecule has 0 fully saturated rings. The Morgan fingerprint density at radius 3 is 2.44 bits per heavy atom. The molecule has 0 aliphatic heterocycles. The second kappa shape index (κ2) is 7.40. The van der Waals surface area contributed by atoms with Crippen molar-refractivity contribution < 1.29 is 18.6 Å². The molecule has 9 heteroatoms. The number of nitrogens with zero attached hydrogens (tertiary/aromatic N) is 4. The van der Waals surface area contributed by atoms with E-state index in [0.717, 1.165) is 0 Å². The molecular formula is C16H24N4O4S. The van der Waals surface area contributed by atoms with Crippen molar-refractivity contribution in [1.82, 2.24) is 19.7 Å². The Kier molecular flexibility index (Phi) is 5.69. The summed E-state index contributed by atoms with van der Waals surface area (Å²) in [5, 5.41) is 27.3. The lowest BCUT2D eigenvalue weighted by atomic mass is 10.1. The molecule has 0 aliphatic rings. The van der Waals surface area contributed by atoms with Crippen molar-refractivity contribution >= 4 is 9.84 Å². The van der Waals surface area contributed by atoms with Gasteiger partial charge >= 0.3 is 0 Å². The van der Waals surface area contributed by atoms with Crippen LogP contribution in [0, 0.1) is 0 Å².